The van der Waals surface area contributed by atoms with Gasteiger partial charge in [-0.3, -0.25) is 0 Å². The Balaban J connectivity index is 2.02. The lowest BCUT2D eigenvalue weighted by Gasteiger charge is -2.07. The molecule has 1 rings (SSSR count). The Morgan fingerprint density at radius 2 is 2.36 bits per heavy atom. The van der Waals surface area contributed by atoms with E-state index in [2.05, 4.69) is 17.6 Å². The van der Waals surface area contributed by atoms with E-state index in [9.17, 15) is 4.39 Å². The van der Waals surface area contributed by atoms with Gasteiger partial charge in [0.05, 0.1) is 0 Å². The average Bonchev–Trinajstić information content (AvgIpc) is 2.62. The van der Waals surface area contributed by atoms with Crippen LogP contribution in [0.25, 0.3) is 0 Å². The van der Waals surface area contributed by atoms with E-state index in [-0.39, 0.29) is 6.67 Å². The third-order valence-corrected chi connectivity index (χ3v) is 2.07. The smallest absolute Gasteiger partial charge is 0.166 e. The fraction of sp³-hybridized carbons (Fsp3) is 0.857. The molecule has 0 radical (unpaired) electrons. The molecule has 0 bridgehead atoms. The molecule has 2 N–H and O–H groups in total. The van der Waals surface area contributed by atoms with Crippen molar-refractivity contribution in [1.29, 1.82) is 0 Å². The van der Waals surface area contributed by atoms with Gasteiger partial charge in [-0.05, 0) is 24.6 Å². The highest BCUT2D eigenvalue weighted by Gasteiger charge is 2.32. The minimum Gasteiger partial charge on any atom is -0.360 e. The fourth-order valence-corrected chi connectivity index (χ4v) is 1.16. The van der Waals surface area contributed by atoms with Crippen LogP contribution >= 0.6 is 12.2 Å². The summed E-state index contributed by atoms with van der Waals surface area (Å²) in [6.07, 6.45) is 1.18. The second-order valence-electron chi connectivity index (χ2n) is 2.91. The molecule has 0 aromatic heterocycles. The number of thiocarbonyl (C=S) groups is 1. The van der Waals surface area contributed by atoms with Crippen molar-refractivity contribution in [1.82, 2.24) is 10.6 Å². The first-order chi connectivity index (χ1) is 5.24. The summed E-state index contributed by atoms with van der Waals surface area (Å²) < 4.78 is 11.6. The van der Waals surface area contributed by atoms with Crippen molar-refractivity contribution in [2.24, 2.45) is 5.92 Å². The van der Waals surface area contributed by atoms with E-state index in [1.807, 2.05) is 0 Å². The highest BCUT2D eigenvalue weighted by molar-refractivity contribution is 7.80. The van der Waals surface area contributed by atoms with E-state index < -0.39 is 0 Å². The Morgan fingerprint density at radius 3 is 2.82 bits per heavy atom. The van der Waals surface area contributed by atoms with Crippen molar-refractivity contribution in [3.63, 3.8) is 0 Å². The molecule has 11 heavy (non-hydrogen) atoms. The van der Waals surface area contributed by atoms with Gasteiger partial charge < -0.3 is 10.6 Å². The molecule has 2 atom stereocenters. The third kappa shape index (κ3) is 3.01. The molecule has 1 fully saturated rings. The predicted octanol–water partition coefficient (Wildman–Crippen LogP) is 0.828. The van der Waals surface area contributed by atoms with E-state index in [1.165, 1.54) is 6.42 Å². The van der Waals surface area contributed by atoms with Gasteiger partial charge in [0.25, 0.3) is 0 Å². The van der Waals surface area contributed by atoms with Gasteiger partial charge in [0, 0.05) is 12.6 Å². The first-order valence-electron chi connectivity index (χ1n) is 3.84. The lowest BCUT2D eigenvalue weighted by molar-refractivity contribution is 0.490. The molecule has 0 aromatic carbocycles. The molecule has 2 nitrogen and oxygen atoms in total. The summed E-state index contributed by atoms with van der Waals surface area (Å²) in [7, 11) is 0. The van der Waals surface area contributed by atoms with Crippen LogP contribution in [-0.4, -0.2) is 24.4 Å². The molecule has 1 aliphatic carbocycles. The second kappa shape index (κ2) is 3.85. The fourth-order valence-electron chi connectivity index (χ4n) is 0.903. The van der Waals surface area contributed by atoms with Gasteiger partial charge in [-0.1, -0.05) is 6.92 Å². The van der Waals surface area contributed by atoms with Gasteiger partial charge in [0.1, 0.15) is 6.67 Å². The van der Waals surface area contributed by atoms with Crippen molar-refractivity contribution < 1.29 is 4.39 Å². The first-order valence-corrected chi connectivity index (χ1v) is 4.25. The Bertz CT molecular complexity index is 151. The molecule has 0 amide bonds. The van der Waals surface area contributed by atoms with E-state index in [1.54, 1.807) is 0 Å². The third-order valence-electron chi connectivity index (χ3n) is 1.81. The largest absolute Gasteiger partial charge is 0.360 e. The van der Waals surface area contributed by atoms with Gasteiger partial charge in [-0.15, -0.1) is 0 Å². The summed E-state index contributed by atoms with van der Waals surface area (Å²) in [4.78, 5) is 0. The highest BCUT2D eigenvalue weighted by atomic mass is 32.1. The molecular formula is C7H13FN2S. The first kappa shape index (κ1) is 8.71. The molecule has 0 heterocycles. The molecule has 1 aliphatic rings. The van der Waals surface area contributed by atoms with Crippen LogP contribution in [0.3, 0.4) is 0 Å². The molecule has 0 spiro atoms. The van der Waals surface area contributed by atoms with Crippen LogP contribution in [0.15, 0.2) is 0 Å². The summed E-state index contributed by atoms with van der Waals surface area (Å²) in [5.74, 6) is 0.722. The van der Waals surface area contributed by atoms with Crippen molar-refractivity contribution in [3.8, 4) is 0 Å². The summed E-state index contributed by atoms with van der Waals surface area (Å²) in [6.45, 7) is 2.10. The van der Waals surface area contributed by atoms with Crippen molar-refractivity contribution in [2.45, 2.75) is 19.4 Å². The van der Waals surface area contributed by atoms with Crippen LogP contribution in [0.1, 0.15) is 13.3 Å². The van der Waals surface area contributed by atoms with Gasteiger partial charge in [-0.25, -0.2) is 4.39 Å². The highest BCUT2D eigenvalue weighted by Crippen LogP contribution is 2.28. The molecular weight excluding hydrogens is 163 g/mol. The lowest BCUT2D eigenvalue weighted by Crippen LogP contribution is -2.38. The number of alkyl halides is 1. The number of rotatable bonds is 3. The Kier molecular flexibility index (Phi) is 3.05. The van der Waals surface area contributed by atoms with Crippen LogP contribution in [-0.2, 0) is 0 Å². The minimum absolute atomic E-state index is 0.312. The quantitative estimate of drug-likeness (QED) is 0.623. The topological polar surface area (TPSA) is 24.1 Å². The SMILES string of the molecule is CC1CC1NC(=S)NCCF. The van der Waals surface area contributed by atoms with Crippen LogP contribution in [0.2, 0.25) is 0 Å². The Hall–Kier alpha value is -0.380. The standard InChI is InChI=1S/C7H13FN2S/c1-5-4-6(5)10-7(11)9-3-2-8/h5-6H,2-4H2,1H3,(H2,9,10,11). The second-order valence-corrected chi connectivity index (χ2v) is 3.32. The number of hydrogen-bond donors (Lipinski definition) is 2. The Morgan fingerprint density at radius 1 is 1.73 bits per heavy atom. The lowest BCUT2D eigenvalue weighted by atomic mass is 10.5. The zero-order valence-corrected chi connectivity index (χ0v) is 7.38. The van der Waals surface area contributed by atoms with E-state index in [4.69, 9.17) is 12.2 Å². The van der Waals surface area contributed by atoms with Crippen molar-refractivity contribution >= 4 is 17.3 Å². The monoisotopic (exact) mass is 176 g/mol. The molecule has 1 saturated carbocycles. The summed E-state index contributed by atoms with van der Waals surface area (Å²) >= 11 is 4.90. The predicted molar refractivity (Wildman–Crippen MR) is 47.3 cm³/mol. The summed E-state index contributed by atoms with van der Waals surface area (Å²) in [5.41, 5.74) is 0. The van der Waals surface area contributed by atoms with Gasteiger partial charge in [0.15, 0.2) is 5.11 Å². The van der Waals surface area contributed by atoms with Crippen LogP contribution in [0, 0.1) is 5.92 Å². The normalized spacial score (nSPS) is 27.8. The van der Waals surface area contributed by atoms with Gasteiger partial charge >= 0.3 is 0 Å². The molecule has 2 unspecified atom stereocenters. The van der Waals surface area contributed by atoms with Crippen LogP contribution in [0.4, 0.5) is 4.39 Å². The van der Waals surface area contributed by atoms with Gasteiger partial charge in [0.2, 0.25) is 0 Å². The van der Waals surface area contributed by atoms with Crippen LogP contribution in [0.5, 0.6) is 0 Å². The van der Waals surface area contributed by atoms with Crippen LogP contribution < -0.4 is 10.6 Å². The van der Waals surface area contributed by atoms with Crippen molar-refractivity contribution in [2.75, 3.05) is 13.2 Å². The molecule has 0 aliphatic heterocycles. The number of hydrogen-bond acceptors (Lipinski definition) is 1. The maximum atomic E-state index is 11.6. The van der Waals surface area contributed by atoms with E-state index in [0.717, 1.165) is 5.92 Å². The molecule has 64 valence electrons. The zero-order chi connectivity index (χ0) is 8.27. The average molecular weight is 176 g/mol. The zero-order valence-electron chi connectivity index (χ0n) is 6.56. The summed E-state index contributed by atoms with van der Waals surface area (Å²) in [6, 6.07) is 0.523. The van der Waals surface area contributed by atoms with Gasteiger partial charge in [-0.2, -0.15) is 0 Å². The van der Waals surface area contributed by atoms with Crippen molar-refractivity contribution in [3.05, 3.63) is 0 Å². The molecule has 0 saturated heterocycles. The van der Waals surface area contributed by atoms with E-state index in [0.29, 0.717) is 17.7 Å². The number of nitrogens with one attached hydrogen (secondary N) is 2. The maximum absolute atomic E-state index is 11.6. The minimum atomic E-state index is -0.373. The number of halogens is 1. The molecule has 0 aromatic rings. The summed E-state index contributed by atoms with van der Waals surface area (Å²) in [5, 5.41) is 6.44. The Labute approximate surface area is 71.5 Å². The molecule has 4 heteroatoms. The van der Waals surface area contributed by atoms with E-state index >= 15 is 0 Å². The maximum Gasteiger partial charge on any atom is 0.166 e.